The molecule has 8 aromatic carbocycles. The Hall–Kier alpha value is -7.30. The maximum absolute atomic E-state index is 13.5. The highest BCUT2D eigenvalue weighted by Gasteiger charge is 2.25. The van der Waals surface area contributed by atoms with Gasteiger partial charge in [0.25, 0.3) is 0 Å². The SMILES string of the molecule is CCC(C)Cc1cccc(C(=O)c2ccc(Oc3ccc(-c4ccc(OC(C)(C)c5ccc(C(=O)c6ccc(C)cc6)cc5)c(-c5ccccc5)c4)cc3-c3ccccc3)cc2)c1. The van der Waals surface area contributed by atoms with Crippen LogP contribution in [0.4, 0.5) is 0 Å². The van der Waals surface area contributed by atoms with Gasteiger partial charge in [-0.1, -0.05) is 165 Å². The monoisotopic (exact) mass is 824 g/mol. The number of aryl methyl sites for hydroxylation is 1. The van der Waals surface area contributed by atoms with E-state index in [9.17, 15) is 9.59 Å². The molecule has 0 aliphatic rings. The van der Waals surface area contributed by atoms with Crippen LogP contribution in [-0.2, 0) is 12.0 Å². The number of ether oxygens (including phenoxy) is 2. The van der Waals surface area contributed by atoms with Crippen LogP contribution in [0.1, 0.15) is 82.6 Å². The fourth-order valence-electron chi connectivity index (χ4n) is 7.87. The maximum atomic E-state index is 13.5. The molecule has 0 spiro atoms. The Morgan fingerprint density at radius 3 is 1.59 bits per heavy atom. The molecule has 0 bridgehead atoms. The van der Waals surface area contributed by atoms with Gasteiger partial charge in [0, 0.05) is 33.4 Å². The number of benzene rings is 8. The highest BCUT2D eigenvalue weighted by Crippen LogP contribution is 2.41. The summed E-state index contributed by atoms with van der Waals surface area (Å²) in [4.78, 5) is 26.7. The van der Waals surface area contributed by atoms with Crippen LogP contribution in [0.5, 0.6) is 17.2 Å². The van der Waals surface area contributed by atoms with E-state index >= 15 is 0 Å². The third-order valence-electron chi connectivity index (χ3n) is 11.8. The molecule has 0 N–H and O–H groups in total. The first-order chi connectivity index (χ1) is 30.5. The van der Waals surface area contributed by atoms with Gasteiger partial charge in [0.1, 0.15) is 22.8 Å². The second-order valence-corrected chi connectivity index (χ2v) is 16.9. The van der Waals surface area contributed by atoms with Gasteiger partial charge in [-0.2, -0.15) is 0 Å². The van der Waals surface area contributed by atoms with Crippen LogP contribution in [0.2, 0.25) is 0 Å². The van der Waals surface area contributed by atoms with E-state index in [0.29, 0.717) is 39.7 Å². The molecule has 312 valence electrons. The van der Waals surface area contributed by atoms with Gasteiger partial charge in [0.05, 0.1) is 0 Å². The molecule has 8 aromatic rings. The molecule has 63 heavy (non-hydrogen) atoms. The van der Waals surface area contributed by atoms with Crippen molar-refractivity contribution < 1.29 is 19.1 Å². The van der Waals surface area contributed by atoms with Crippen LogP contribution < -0.4 is 9.47 Å². The van der Waals surface area contributed by atoms with Gasteiger partial charge < -0.3 is 9.47 Å². The minimum absolute atomic E-state index is 0.00217. The summed E-state index contributed by atoms with van der Waals surface area (Å²) < 4.78 is 13.5. The molecule has 0 aliphatic heterocycles. The van der Waals surface area contributed by atoms with E-state index < -0.39 is 5.60 Å². The van der Waals surface area contributed by atoms with E-state index in [0.717, 1.165) is 63.1 Å². The van der Waals surface area contributed by atoms with Gasteiger partial charge in [-0.3, -0.25) is 9.59 Å². The maximum Gasteiger partial charge on any atom is 0.193 e. The Balaban J connectivity index is 1.06. The van der Waals surface area contributed by atoms with Crippen LogP contribution >= 0.6 is 0 Å². The molecule has 0 saturated heterocycles. The highest BCUT2D eigenvalue weighted by molar-refractivity contribution is 6.09. The number of ketones is 2. The molecule has 1 unspecified atom stereocenters. The average Bonchev–Trinajstić information content (AvgIpc) is 3.32. The van der Waals surface area contributed by atoms with E-state index in [1.807, 2.05) is 146 Å². The predicted octanol–water partition coefficient (Wildman–Crippen LogP) is 15.2. The lowest BCUT2D eigenvalue weighted by Crippen LogP contribution is -2.25. The fraction of sp³-hybridized carbons (Fsp3) is 0.153. The van der Waals surface area contributed by atoms with Crippen LogP contribution in [0.15, 0.2) is 194 Å². The number of carbonyl (C=O) groups is 2. The predicted molar refractivity (Wildman–Crippen MR) is 257 cm³/mol. The van der Waals surface area contributed by atoms with Gasteiger partial charge in [-0.05, 0) is 121 Å². The van der Waals surface area contributed by atoms with Crippen molar-refractivity contribution >= 4 is 11.6 Å². The smallest absolute Gasteiger partial charge is 0.193 e. The molecule has 0 heterocycles. The third kappa shape index (κ3) is 9.93. The minimum atomic E-state index is -0.709. The Morgan fingerprint density at radius 1 is 0.508 bits per heavy atom. The summed E-state index contributed by atoms with van der Waals surface area (Å²) in [7, 11) is 0. The normalized spacial score (nSPS) is 11.8. The molecule has 0 aliphatic carbocycles. The molecular weight excluding hydrogens is 773 g/mol. The topological polar surface area (TPSA) is 52.6 Å². The Morgan fingerprint density at radius 2 is 1.02 bits per heavy atom. The average molecular weight is 825 g/mol. The number of rotatable bonds is 15. The molecule has 0 saturated carbocycles. The summed E-state index contributed by atoms with van der Waals surface area (Å²) in [5, 5.41) is 0. The van der Waals surface area contributed by atoms with Crippen molar-refractivity contribution in [1.29, 1.82) is 0 Å². The highest BCUT2D eigenvalue weighted by atomic mass is 16.5. The molecule has 1 atom stereocenters. The van der Waals surface area contributed by atoms with Crippen molar-refractivity contribution in [2.45, 2.75) is 53.1 Å². The zero-order chi connectivity index (χ0) is 43.9. The van der Waals surface area contributed by atoms with Gasteiger partial charge in [0.2, 0.25) is 0 Å². The molecular formula is C59H52O4. The lowest BCUT2D eigenvalue weighted by molar-refractivity contribution is 0.103. The molecule has 0 radical (unpaired) electrons. The molecule has 4 nitrogen and oxygen atoms in total. The summed E-state index contributed by atoms with van der Waals surface area (Å²) in [6, 6.07) is 63.9. The number of hydrogen-bond donors (Lipinski definition) is 0. The minimum Gasteiger partial charge on any atom is -0.483 e. The largest absolute Gasteiger partial charge is 0.483 e. The summed E-state index contributed by atoms with van der Waals surface area (Å²) in [6.45, 7) is 10.6. The van der Waals surface area contributed by atoms with Gasteiger partial charge in [-0.25, -0.2) is 0 Å². The summed E-state index contributed by atoms with van der Waals surface area (Å²) in [5.74, 6) is 2.65. The molecule has 0 fully saturated rings. The Kier molecular flexibility index (Phi) is 12.6. The van der Waals surface area contributed by atoms with Crippen molar-refractivity contribution in [2.24, 2.45) is 5.92 Å². The quantitative estimate of drug-likeness (QED) is 0.0967. The molecule has 0 aromatic heterocycles. The van der Waals surface area contributed by atoms with Crippen LogP contribution in [-0.4, -0.2) is 11.6 Å². The lowest BCUT2D eigenvalue weighted by Gasteiger charge is -2.29. The van der Waals surface area contributed by atoms with E-state index in [2.05, 4.69) is 82.3 Å². The third-order valence-corrected chi connectivity index (χ3v) is 11.8. The summed E-state index contributed by atoms with van der Waals surface area (Å²) in [5.41, 5.74) is 11.2. The van der Waals surface area contributed by atoms with Gasteiger partial charge >= 0.3 is 0 Å². The molecule has 0 amide bonds. The van der Waals surface area contributed by atoms with E-state index in [1.54, 1.807) is 0 Å². The van der Waals surface area contributed by atoms with Crippen molar-refractivity contribution in [3.8, 4) is 50.6 Å². The van der Waals surface area contributed by atoms with Crippen LogP contribution in [0.25, 0.3) is 33.4 Å². The second kappa shape index (κ2) is 18.8. The second-order valence-electron chi connectivity index (χ2n) is 16.9. The Bertz CT molecular complexity index is 2840. The zero-order valence-corrected chi connectivity index (χ0v) is 36.6. The fourth-order valence-corrected chi connectivity index (χ4v) is 7.87. The van der Waals surface area contributed by atoms with Crippen molar-refractivity contribution in [2.75, 3.05) is 0 Å². The van der Waals surface area contributed by atoms with Crippen LogP contribution in [0.3, 0.4) is 0 Å². The zero-order valence-electron chi connectivity index (χ0n) is 36.6. The van der Waals surface area contributed by atoms with Crippen LogP contribution in [0, 0.1) is 12.8 Å². The van der Waals surface area contributed by atoms with Gasteiger partial charge in [0.15, 0.2) is 11.6 Å². The lowest BCUT2D eigenvalue weighted by atomic mass is 9.93. The Labute approximate surface area is 371 Å². The van der Waals surface area contributed by atoms with Crippen molar-refractivity contribution in [3.63, 3.8) is 0 Å². The van der Waals surface area contributed by atoms with E-state index in [-0.39, 0.29) is 11.6 Å². The standard InChI is InChI=1S/C59H52O4/c1-6-40(2)36-42-14-13-19-50(37-42)58(61)47-26-32-52(33-27-47)62-55-34-28-48(38-53(55)43-15-9-7-10-16-43)49-29-35-56(54(39-49)44-17-11-8-12-18-44)63-59(4,5)51-30-24-46(25-31-51)57(60)45-22-20-41(3)21-23-45/h7-35,37-40H,6,36H2,1-5H3. The van der Waals surface area contributed by atoms with E-state index in [1.165, 1.54) is 5.56 Å². The van der Waals surface area contributed by atoms with Gasteiger partial charge in [-0.15, -0.1) is 0 Å². The van der Waals surface area contributed by atoms with E-state index in [4.69, 9.17) is 9.47 Å². The number of carbonyl (C=O) groups excluding carboxylic acids is 2. The van der Waals surface area contributed by atoms with Crippen molar-refractivity contribution in [3.05, 3.63) is 233 Å². The molecule has 8 rings (SSSR count). The first kappa shape index (κ1) is 42.4. The van der Waals surface area contributed by atoms with Crippen molar-refractivity contribution in [1.82, 2.24) is 0 Å². The first-order valence-corrected chi connectivity index (χ1v) is 21.8. The molecule has 4 heteroatoms. The number of hydrogen-bond acceptors (Lipinski definition) is 4. The summed E-state index contributed by atoms with van der Waals surface area (Å²) in [6.07, 6.45) is 2.06. The first-order valence-electron chi connectivity index (χ1n) is 21.8. The summed E-state index contributed by atoms with van der Waals surface area (Å²) >= 11 is 0.